The number of nitrogens with two attached hydrogens (primary N) is 1. The van der Waals surface area contributed by atoms with Crippen molar-refractivity contribution in [2.24, 2.45) is 17.6 Å². The highest BCUT2D eigenvalue weighted by Crippen LogP contribution is 2.28. The first-order valence-corrected chi connectivity index (χ1v) is 7.49. The molecule has 1 aliphatic rings. The van der Waals surface area contributed by atoms with E-state index < -0.39 is 0 Å². The number of aryl methyl sites for hydroxylation is 1. The minimum Gasteiger partial charge on any atom is -0.330 e. The lowest BCUT2D eigenvalue weighted by atomic mass is 9.79. The van der Waals surface area contributed by atoms with Gasteiger partial charge in [0.25, 0.3) is 0 Å². The third kappa shape index (κ3) is 3.50. The highest BCUT2D eigenvalue weighted by Gasteiger charge is 2.23. The zero-order valence-electron chi connectivity index (χ0n) is 10.6. The summed E-state index contributed by atoms with van der Waals surface area (Å²) in [5.41, 5.74) is 8.94. The number of hydrogen-bond acceptors (Lipinski definition) is 4. The molecule has 3 nitrogen and oxygen atoms in total. The van der Waals surface area contributed by atoms with Crippen molar-refractivity contribution in [3.05, 3.63) is 16.1 Å². The molecule has 0 aromatic carbocycles. The predicted octanol–water partition coefficient (Wildman–Crippen LogP) is 2.31. The van der Waals surface area contributed by atoms with Crippen molar-refractivity contribution in [2.75, 3.05) is 13.1 Å². The third-order valence-corrected chi connectivity index (χ3v) is 4.84. The summed E-state index contributed by atoms with van der Waals surface area (Å²) in [6.07, 6.45) is 5.41. The van der Waals surface area contributed by atoms with Gasteiger partial charge in [-0.1, -0.05) is 12.8 Å². The zero-order valence-corrected chi connectivity index (χ0v) is 11.4. The van der Waals surface area contributed by atoms with E-state index in [1.165, 1.54) is 36.3 Å². The average molecular weight is 253 g/mol. The lowest BCUT2D eigenvalue weighted by molar-refractivity contribution is 0.236. The van der Waals surface area contributed by atoms with Gasteiger partial charge in [-0.05, 0) is 44.7 Å². The predicted molar refractivity (Wildman–Crippen MR) is 73.1 cm³/mol. The second-order valence-electron chi connectivity index (χ2n) is 5.03. The second kappa shape index (κ2) is 6.47. The average Bonchev–Trinajstić information content (AvgIpc) is 2.76. The highest BCUT2D eigenvalue weighted by atomic mass is 32.1. The molecule has 0 aliphatic heterocycles. The molecule has 2 rings (SSSR count). The molecule has 0 bridgehead atoms. The van der Waals surface area contributed by atoms with Gasteiger partial charge in [-0.15, -0.1) is 11.3 Å². The number of thiazole rings is 1. The monoisotopic (exact) mass is 253 g/mol. The molecule has 1 saturated carbocycles. The van der Waals surface area contributed by atoms with Gasteiger partial charge in [-0.3, -0.25) is 0 Å². The summed E-state index contributed by atoms with van der Waals surface area (Å²) in [5, 5.41) is 3.58. The molecule has 0 saturated heterocycles. The molecule has 0 radical (unpaired) electrons. The maximum atomic E-state index is 5.85. The molecule has 0 spiro atoms. The van der Waals surface area contributed by atoms with Gasteiger partial charge in [-0.2, -0.15) is 0 Å². The smallest absolute Gasteiger partial charge is 0.0798 e. The normalized spacial score (nSPS) is 25.1. The van der Waals surface area contributed by atoms with Crippen LogP contribution in [0.4, 0.5) is 0 Å². The van der Waals surface area contributed by atoms with Crippen LogP contribution in [-0.2, 0) is 6.54 Å². The van der Waals surface area contributed by atoms with Crippen molar-refractivity contribution >= 4 is 11.3 Å². The Balaban J connectivity index is 1.75. The molecule has 96 valence electrons. The first-order chi connectivity index (χ1) is 8.31. The summed E-state index contributed by atoms with van der Waals surface area (Å²) in [6, 6.07) is 0. The minimum absolute atomic E-state index is 0.735. The molecular weight excluding hydrogens is 230 g/mol. The first-order valence-electron chi connectivity index (χ1n) is 6.61. The summed E-state index contributed by atoms with van der Waals surface area (Å²) in [7, 11) is 0. The van der Waals surface area contributed by atoms with Crippen LogP contribution < -0.4 is 11.1 Å². The first kappa shape index (κ1) is 13.0. The van der Waals surface area contributed by atoms with Gasteiger partial charge in [-0.25, -0.2) is 4.98 Å². The molecule has 2 atom stereocenters. The third-order valence-electron chi connectivity index (χ3n) is 3.91. The van der Waals surface area contributed by atoms with Gasteiger partial charge < -0.3 is 11.1 Å². The highest BCUT2D eigenvalue weighted by molar-refractivity contribution is 7.09. The molecule has 1 aliphatic carbocycles. The largest absolute Gasteiger partial charge is 0.330 e. The van der Waals surface area contributed by atoms with Crippen LogP contribution in [0.25, 0.3) is 0 Å². The summed E-state index contributed by atoms with van der Waals surface area (Å²) in [5.74, 6) is 1.51. The van der Waals surface area contributed by atoms with E-state index in [-0.39, 0.29) is 0 Å². The molecule has 1 aromatic heterocycles. The van der Waals surface area contributed by atoms with Crippen molar-refractivity contribution in [2.45, 2.75) is 39.2 Å². The van der Waals surface area contributed by atoms with E-state index >= 15 is 0 Å². The van der Waals surface area contributed by atoms with Crippen molar-refractivity contribution in [1.29, 1.82) is 0 Å². The molecule has 1 heterocycles. The molecule has 0 amide bonds. The molecular formula is C13H23N3S. The Morgan fingerprint density at radius 2 is 2.18 bits per heavy atom. The van der Waals surface area contributed by atoms with Crippen molar-refractivity contribution in [3.8, 4) is 0 Å². The fourth-order valence-corrected chi connectivity index (χ4v) is 3.48. The van der Waals surface area contributed by atoms with Gasteiger partial charge in [0.05, 0.1) is 11.2 Å². The van der Waals surface area contributed by atoms with Crippen LogP contribution in [0.1, 0.15) is 36.3 Å². The lowest BCUT2D eigenvalue weighted by Gasteiger charge is -2.30. The van der Waals surface area contributed by atoms with E-state index in [1.807, 2.05) is 5.51 Å². The van der Waals surface area contributed by atoms with E-state index in [2.05, 4.69) is 17.2 Å². The van der Waals surface area contributed by atoms with Crippen LogP contribution >= 0.6 is 11.3 Å². The Labute approximate surface area is 108 Å². The van der Waals surface area contributed by atoms with Crippen LogP contribution in [-0.4, -0.2) is 18.1 Å². The van der Waals surface area contributed by atoms with Gasteiger partial charge in [0, 0.05) is 11.4 Å². The fourth-order valence-electron chi connectivity index (χ4n) is 2.73. The Kier molecular flexibility index (Phi) is 4.95. The number of hydrogen-bond donors (Lipinski definition) is 2. The van der Waals surface area contributed by atoms with Crippen LogP contribution in [0.5, 0.6) is 0 Å². The Bertz CT molecular complexity index is 337. The second-order valence-corrected chi connectivity index (χ2v) is 5.97. The van der Waals surface area contributed by atoms with Gasteiger partial charge in [0.1, 0.15) is 0 Å². The number of rotatable bonds is 5. The molecule has 1 fully saturated rings. The SMILES string of the molecule is Cc1ncsc1CNCC1CCCCC1CN. The molecule has 17 heavy (non-hydrogen) atoms. The summed E-state index contributed by atoms with van der Waals surface area (Å²) < 4.78 is 0. The van der Waals surface area contributed by atoms with E-state index in [0.29, 0.717) is 0 Å². The van der Waals surface area contributed by atoms with Crippen molar-refractivity contribution in [1.82, 2.24) is 10.3 Å². The topological polar surface area (TPSA) is 50.9 Å². The van der Waals surface area contributed by atoms with Gasteiger partial charge >= 0.3 is 0 Å². The van der Waals surface area contributed by atoms with E-state index in [0.717, 1.165) is 31.5 Å². The summed E-state index contributed by atoms with van der Waals surface area (Å²) >= 11 is 1.74. The minimum atomic E-state index is 0.735. The standard InChI is InChI=1S/C13H23N3S/c1-10-13(17-9-16-10)8-15-7-12-5-3-2-4-11(12)6-14/h9,11-12,15H,2-8,14H2,1H3. The Morgan fingerprint density at radius 3 is 2.82 bits per heavy atom. The van der Waals surface area contributed by atoms with E-state index in [4.69, 9.17) is 5.73 Å². The Hall–Kier alpha value is -0.450. The van der Waals surface area contributed by atoms with Crippen LogP contribution in [0.3, 0.4) is 0 Å². The van der Waals surface area contributed by atoms with E-state index in [9.17, 15) is 0 Å². The molecule has 4 heteroatoms. The molecule has 3 N–H and O–H groups in total. The van der Waals surface area contributed by atoms with Crippen LogP contribution in [0.2, 0.25) is 0 Å². The summed E-state index contributed by atoms with van der Waals surface area (Å²) in [6.45, 7) is 5.01. The number of nitrogens with zero attached hydrogens (tertiary/aromatic N) is 1. The number of aromatic nitrogens is 1. The maximum absolute atomic E-state index is 5.85. The van der Waals surface area contributed by atoms with Gasteiger partial charge in [0.15, 0.2) is 0 Å². The number of nitrogens with one attached hydrogen (secondary N) is 1. The fraction of sp³-hybridized carbons (Fsp3) is 0.769. The Morgan fingerprint density at radius 1 is 1.41 bits per heavy atom. The maximum Gasteiger partial charge on any atom is 0.0798 e. The lowest BCUT2D eigenvalue weighted by Crippen LogP contribution is -2.34. The quantitative estimate of drug-likeness (QED) is 0.846. The van der Waals surface area contributed by atoms with Crippen molar-refractivity contribution in [3.63, 3.8) is 0 Å². The van der Waals surface area contributed by atoms with E-state index in [1.54, 1.807) is 11.3 Å². The zero-order chi connectivity index (χ0) is 12.1. The van der Waals surface area contributed by atoms with Crippen molar-refractivity contribution < 1.29 is 0 Å². The molecule has 2 unspecified atom stereocenters. The molecule has 1 aromatic rings. The summed E-state index contributed by atoms with van der Waals surface area (Å²) in [4.78, 5) is 5.64. The van der Waals surface area contributed by atoms with Crippen LogP contribution in [0, 0.1) is 18.8 Å². The van der Waals surface area contributed by atoms with Gasteiger partial charge in [0.2, 0.25) is 0 Å². The van der Waals surface area contributed by atoms with Crippen LogP contribution in [0.15, 0.2) is 5.51 Å².